The summed E-state index contributed by atoms with van der Waals surface area (Å²) in [6, 6.07) is 24.4. The van der Waals surface area contributed by atoms with E-state index in [4.69, 9.17) is 9.05 Å². The summed E-state index contributed by atoms with van der Waals surface area (Å²) in [6.45, 7) is 0. The van der Waals surface area contributed by atoms with E-state index in [1.54, 1.807) is 0 Å². The minimum absolute atomic E-state index is 0.143. The Morgan fingerprint density at radius 1 is 0.500 bits per heavy atom. The summed E-state index contributed by atoms with van der Waals surface area (Å²) in [5, 5.41) is 4.21. The first-order valence-electron chi connectivity index (χ1n) is 13.8. The van der Waals surface area contributed by atoms with Crippen LogP contribution in [0.2, 0.25) is 0 Å². The van der Waals surface area contributed by atoms with Crippen molar-refractivity contribution in [3.8, 4) is 11.5 Å². The van der Waals surface area contributed by atoms with Crippen molar-refractivity contribution in [2.75, 3.05) is 0 Å². The summed E-state index contributed by atoms with van der Waals surface area (Å²) in [5.41, 5.74) is 6.45. The zero-order chi connectivity index (χ0) is 28.7. The van der Waals surface area contributed by atoms with E-state index in [1.807, 2.05) is 48.5 Å². The van der Waals surface area contributed by atoms with Gasteiger partial charge in [0.1, 0.15) is 11.5 Å². The average molecular weight is 598 g/mol. The summed E-state index contributed by atoms with van der Waals surface area (Å²) in [4.78, 5) is 40.5. The fraction of sp³-hybridized carbons (Fsp3) is 0.188. The fourth-order valence-corrected chi connectivity index (χ4v) is 9.30. The van der Waals surface area contributed by atoms with Crippen LogP contribution in [0.4, 0.5) is 0 Å². The van der Waals surface area contributed by atoms with E-state index in [0.29, 0.717) is 35.1 Å². The van der Waals surface area contributed by atoms with E-state index >= 15 is 0 Å². The molecule has 5 aromatic rings. The first-order chi connectivity index (χ1) is 20.1. The van der Waals surface area contributed by atoms with Gasteiger partial charge in [-0.15, -0.1) is 0 Å². The first-order valence-corrected chi connectivity index (χ1v) is 16.9. The molecule has 0 saturated carbocycles. The minimum Gasteiger partial charge on any atom is -0.404 e. The maximum absolute atomic E-state index is 12.5. The van der Waals surface area contributed by atoms with E-state index in [0.717, 1.165) is 43.8 Å². The molecule has 5 aromatic carbocycles. The van der Waals surface area contributed by atoms with Gasteiger partial charge < -0.3 is 9.05 Å². The Balaban J connectivity index is 1.36. The van der Waals surface area contributed by atoms with E-state index < -0.39 is 15.6 Å². The minimum atomic E-state index is -4.99. The van der Waals surface area contributed by atoms with Crippen molar-refractivity contribution in [2.24, 2.45) is 0 Å². The number of fused-ring (bicyclic) bond motifs is 18. The molecular formula is C32H24O8P2. The molecule has 4 aliphatic carbocycles. The van der Waals surface area contributed by atoms with Crippen molar-refractivity contribution in [3.63, 3.8) is 0 Å². The highest BCUT2D eigenvalue weighted by Gasteiger charge is 2.54. The molecule has 0 fully saturated rings. The molecule has 0 aliphatic heterocycles. The van der Waals surface area contributed by atoms with Gasteiger partial charge >= 0.3 is 15.6 Å². The van der Waals surface area contributed by atoms with Gasteiger partial charge in [0.2, 0.25) is 0 Å². The molecule has 9 rings (SSSR count). The molecule has 210 valence electrons. The molecule has 0 amide bonds. The van der Waals surface area contributed by atoms with Gasteiger partial charge in [0, 0.05) is 45.9 Å². The van der Waals surface area contributed by atoms with Crippen LogP contribution < -0.4 is 9.05 Å². The molecule has 4 bridgehead atoms. The predicted octanol–water partition coefficient (Wildman–Crippen LogP) is 6.90. The Hall–Kier alpha value is -3.48. The normalized spacial score (nSPS) is 22.8. The van der Waals surface area contributed by atoms with Crippen LogP contribution in [0.1, 0.15) is 81.0 Å². The maximum atomic E-state index is 12.5. The number of rotatable bonds is 4. The summed E-state index contributed by atoms with van der Waals surface area (Å²) in [5.74, 6) is -0.749. The summed E-state index contributed by atoms with van der Waals surface area (Å²) < 4.78 is 36.2. The quantitative estimate of drug-likeness (QED) is 0.164. The zero-order valence-electron chi connectivity index (χ0n) is 22.0. The van der Waals surface area contributed by atoms with Crippen LogP contribution in [-0.4, -0.2) is 19.6 Å². The van der Waals surface area contributed by atoms with Crippen LogP contribution in [0.15, 0.2) is 72.8 Å². The Morgan fingerprint density at radius 3 is 1.00 bits per heavy atom. The lowest BCUT2D eigenvalue weighted by molar-refractivity contribution is 0.275. The third-order valence-corrected chi connectivity index (χ3v) is 10.6. The van der Waals surface area contributed by atoms with Gasteiger partial charge in [-0.05, 0) is 56.6 Å². The second-order valence-corrected chi connectivity index (χ2v) is 14.1. The van der Waals surface area contributed by atoms with Crippen LogP contribution in [0.25, 0.3) is 21.5 Å². The van der Waals surface area contributed by atoms with Crippen LogP contribution in [0.3, 0.4) is 0 Å². The van der Waals surface area contributed by atoms with Gasteiger partial charge in [-0.1, -0.05) is 72.8 Å². The molecule has 0 aromatic heterocycles. The second kappa shape index (κ2) is 8.12. The van der Waals surface area contributed by atoms with Gasteiger partial charge in [-0.2, -0.15) is 0 Å². The molecule has 0 unspecified atom stereocenters. The van der Waals surface area contributed by atoms with Gasteiger partial charge in [-0.25, -0.2) is 9.13 Å². The molecule has 4 N–H and O–H groups in total. The van der Waals surface area contributed by atoms with Crippen molar-refractivity contribution in [3.05, 3.63) is 117 Å². The Labute approximate surface area is 240 Å². The number of benzene rings is 5. The Morgan fingerprint density at radius 2 is 0.762 bits per heavy atom. The summed E-state index contributed by atoms with van der Waals surface area (Å²) in [7, 11) is -9.99. The molecule has 10 heteroatoms. The lowest BCUT2D eigenvalue weighted by Gasteiger charge is -2.32. The Kier molecular flexibility index (Phi) is 4.84. The highest BCUT2D eigenvalue weighted by Crippen LogP contribution is 2.71. The largest absolute Gasteiger partial charge is 0.524 e. The molecular weight excluding hydrogens is 574 g/mol. The van der Waals surface area contributed by atoms with E-state index in [1.165, 1.54) is 0 Å². The third kappa shape index (κ3) is 3.39. The first kappa shape index (κ1) is 25.1. The van der Waals surface area contributed by atoms with Crippen molar-refractivity contribution >= 4 is 37.2 Å². The summed E-state index contributed by atoms with van der Waals surface area (Å²) >= 11 is 0. The van der Waals surface area contributed by atoms with Crippen molar-refractivity contribution in [1.82, 2.24) is 0 Å². The molecule has 0 heterocycles. The zero-order valence-corrected chi connectivity index (χ0v) is 23.8. The Bertz CT molecular complexity index is 1870. The molecule has 0 spiro atoms. The van der Waals surface area contributed by atoms with Gasteiger partial charge in [-0.3, -0.25) is 19.6 Å². The number of phosphoric acid groups is 2. The van der Waals surface area contributed by atoms with Gasteiger partial charge in [0.15, 0.2) is 0 Å². The highest BCUT2D eigenvalue weighted by atomic mass is 31.2. The third-order valence-electron chi connectivity index (χ3n) is 9.72. The van der Waals surface area contributed by atoms with Crippen LogP contribution in [-0.2, 0) is 9.13 Å². The second-order valence-electron chi connectivity index (χ2n) is 11.8. The molecule has 4 atom stereocenters. The van der Waals surface area contributed by atoms with Crippen LogP contribution in [0.5, 0.6) is 11.5 Å². The summed E-state index contributed by atoms with van der Waals surface area (Å²) in [6.07, 6.45) is 1.20. The number of phosphoric ester groups is 2. The fourth-order valence-electron chi connectivity index (χ4n) is 8.43. The standard InChI is InChI=1S/C32H24O8P2/c33-41(34,35)39-31-27-23-13-24(20-10-16-6-2-1-5-15(16)9-19(20)23)28(27)32(40-42(36,37)38)30-26-14-25(29(30)31)21-11-17-7-3-4-8-18(17)12-22(21)26/h1-12,23-26H,13-14H2,(H2,33,34,35)(H2,36,37,38)/t23-,24+,25-,26+. The van der Waals surface area contributed by atoms with Gasteiger partial charge in [0.05, 0.1) is 0 Å². The van der Waals surface area contributed by atoms with E-state index in [2.05, 4.69) is 24.3 Å². The molecule has 0 radical (unpaired) electrons. The SMILES string of the molecule is O=P(O)(O)Oc1c2c(c(OP(=O)(O)O)c3c1[C@@H]1C[C@H]3c3cc4ccccc4cc31)[C@H]1C[C@@H]2c2cc3ccccc3cc21. The van der Waals surface area contributed by atoms with E-state index in [9.17, 15) is 28.7 Å². The number of hydrogen-bond donors (Lipinski definition) is 4. The smallest absolute Gasteiger partial charge is 0.404 e. The van der Waals surface area contributed by atoms with Crippen molar-refractivity contribution in [2.45, 2.75) is 36.5 Å². The predicted molar refractivity (Wildman–Crippen MR) is 156 cm³/mol. The molecule has 42 heavy (non-hydrogen) atoms. The topological polar surface area (TPSA) is 134 Å². The lowest BCUT2D eigenvalue weighted by Crippen LogP contribution is -2.15. The molecule has 8 nitrogen and oxygen atoms in total. The molecule has 0 saturated heterocycles. The van der Waals surface area contributed by atoms with Crippen LogP contribution in [0, 0.1) is 0 Å². The number of hydrogen-bond acceptors (Lipinski definition) is 4. The monoisotopic (exact) mass is 598 g/mol. The van der Waals surface area contributed by atoms with Crippen molar-refractivity contribution < 1.29 is 37.8 Å². The van der Waals surface area contributed by atoms with Gasteiger partial charge in [0.25, 0.3) is 0 Å². The average Bonchev–Trinajstić information content (AvgIpc) is 3.69. The highest BCUT2D eigenvalue weighted by molar-refractivity contribution is 7.47. The van der Waals surface area contributed by atoms with E-state index in [-0.39, 0.29) is 35.2 Å². The molecule has 4 aliphatic rings. The lowest BCUT2D eigenvalue weighted by atomic mass is 9.77. The van der Waals surface area contributed by atoms with Crippen LogP contribution >= 0.6 is 15.6 Å². The maximum Gasteiger partial charge on any atom is 0.524 e. The van der Waals surface area contributed by atoms with Crippen molar-refractivity contribution in [1.29, 1.82) is 0 Å².